The highest BCUT2D eigenvalue weighted by Gasteiger charge is 2.16. The fourth-order valence-corrected chi connectivity index (χ4v) is 2.33. The van der Waals surface area contributed by atoms with E-state index in [0.29, 0.717) is 12.3 Å². The summed E-state index contributed by atoms with van der Waals surface area (Å²) < 4.78 is 5.23. The van der Waals surface area contributed by atoms with Crippen LogP contribution in [-0.2, 0) is 6.54 Å². The maximum atomic E-state index is 10.8. The Morgan fingerprint density at radius 3 is 2.84 bits per heavy atom. The van der Waals surface area contributed by atoms with Crippen molar-refractivity contribution in [3.8, 4) is 5.75 Å². The second kappa shape index (κ2) is 6.52. The van der Waals surface area contributed by atoms with Crippen molar-refractivity contribution in [1.29, 1.82) is 0 Å². The predicted molar refractivity (Wildman–Crippen MR) is 73.3 cm³/mol. The average molecular weight is 264 g/mol. The van der Waals surface area contributed by atoms with Crippen molar-refractivity contribution in [3.63, 3.8) is 0 Å². The Kier molecular flexibility index (Phi) is 4.74. The van der Waals surface area contributed by atoms with Crippen LogP contribution < -0.4 is 10.1 Å². The molecule has 0 bridgehead atoms. The lowest BCUT2D eigenvalue weighted by Gasteiger charge is -2.25. The van der Waals surface area contributed by atoms with Crippen LogP contribution in [0.25, 0.3) is 0 Å². The summed E-state index contributed by atoms with van der Waals surface area (Å²) in [7, 11) is 1.58. The van der Waals surface area contributed by atoms with Crippen LogP contribution in [0.5, 0.6) is 5.75 Å². The molecular weight excluding hydrogens is 244 g/mol. The zero-order chi connectivity index (χ0) is 13.7. The standard InChI is InChI=1S/C14H20N2O3/c1-19-14-6-5-13(16(17)18)9-12(14)10-15-8-7-11-3-2-4-11/h5-6,9,11,15H,2-4,7-8,10H2,1H3. The molecular formula is C14H20N2O3. The Labute approximate surface area is 113 Å². The lowest BCUT2D eigenvalue weighted by Crippen LogP contribution is -2.21. The minimum absolute atomic E-state index is 0.108. The number of nitro groups is 1. The first-order chi connectivity index (χ1) is 9.20. The van der Waals surface area contributed by atoms with Gasteiger partial charge >= 0.3 is 0 Å². The topological polar surface area (TPSA) is 64.4 Å². The van der Waals surface area contributed by atoms with Gasteiger partial charge in [-0.3, -0.25) is 10.1 Å². The van der Waals surface area contributed by atoms with E-state index in [1.54, 1.807) is 19.2 Å². The van der Waals surface area contributed by atoms with Gasteiger partial charge in [-0.15, -0.1) is 0 Å². The van der Waals surface area contributed by atoms with E-state index < -0.39 is 0 Å². The molecule has 1 aliphatic rings. The van der Waals surface area contributed by atoms with Gasteiger partial charge < -0.3 is 10.1 Å². The Hall–Kier alpha value is -1.62. The SMILES string of the molecule is COc1ccc([N+](=O)[O-])cc1CNCCC1CCC1. The van der Waals surface area contributed by atoms with Crippen LogP contribution in [0.3, 0.4) is 0 Å². The Balaban J connectivity index is 1.88. The summed E-state index contributed by atoms with van der Waals surface area (Å²) in [6.45, 7) is 1.56. The molecule has 1 aliphatic carbocycles. The van der Waals surface area contributed by atoms with Gasteiger partial charge in [-0.05, 0) is 24.9 Å². The van der Waals surface area contributed by atoms with E-state index in [1.165, 1.54) is 31.7 Å². The summed E-state index contributed by atoms with van der Waals surface area (Å²) in [5.74, 6) is 1.57. The summed E-state index contributed by atoms with van der Waals surface area (Å²) in [5, 5.41) is 14.1. The monoisotopic (exact) mass is 264 g/mol. The maximum absolute atomic E-state index is 10.8. The molecule has 0 saturated heterocycles. The van der Waals surface area contributed by atoms with Crippen molar-refractivity contribution in [1.82, 2.24) is 5.32 Å². The van der Waals surface area contributed by atoms with Gasteiger partial charge in [0.25, 0.3) is 5.69 Å². The predicted octanol–water partition coefficient (Wildman–Crippen LogP) is 2.88. The minimum Gasteiger partial charge on any atom is -0.496 e. The van der Waals surface area contributed by atoms with E-state index in [4.69, 9.17) is 4.74 Å². The van der Waals surface area contributed by atoms with E-state index in [1.807, 2.05) is 0 Å². The molecule has 1 saturated carbocycles. The van der Waals surface area contributed by atoms with Crippen LogP contribution in [0.15, 0.2) is 18.2 Å². The van der Waals surface area contributed by atoms with Gasteiger partial charge in [0.2, 0.25) is 0 Å². The molecule has 1 N–H and O–H groups in total. The molecule has 0 aromatic heterocycles. The van der Waals surface area contributed by atoms with Crippen LogP contribution >= 0.6 is 0 Å². The van der Waals surface area contributed by atoms with Crippen LogP contribution in [0.1, 0.15) is 31.2 Å². The molecule has 19 heavy (non-hydrogen) atoms. The molecule has 0 atom stereocenters. The number of hydrogen-bond acceptors (Lipinski definition) is 4. The van der Waals surface area contributed by atoms with Crippen LogP contribution in [0.2, 0.25) is 0 Å². The van der Waals surface area contributed by atoms with E-state index in [0.717, 1.165) is 18.0 Å². The fourth-order valence-electron chi connectivity index (χ4n) is 2.33. The number of ether oxygens (including phenoxy) is 1. The first-order valence-electron chi connectivity index (χ1n) is 6.72. The van der Waals surface area contributed by atoms with Crippen LogP contribution in [0.4, 0.5) is 5.69 Å². The highest BCUT2D eigenvalue weighted by atomic mass is 16.6. The molecule has 0 unspecified atom stereocenters. The first kappa shape index (κ1) is 13.8. The molecule has 0 aliphatic heterocycles. The van der Waals surface area contributed by atoms with Crippen molar-refractivity contribution in [3.05, 3.63) is 33.9 Å². The molecule has 1 fully saturated rings. The van der Waals surface area contributed by atoms with Crippen molar-refractivity contribution >= 4 is 5.69 Å². The molecule has 0 heterocycles. The Morgan fingerprint density at radius 2 is 2.26 bits per heavy atom. The zero-order valence-electron chi connectivity index (χ0n) is 11.2. The van der Waals surface area contributed by atoms with E-state index in [9.17, 15) is 10.1 Å². The number of rotatable bonds is 7. The van der Waals surface area contributed by atoms with Gasteiger partial charge in [0.1, 0.15) is 5.75 Å². The summed E-state index contributed by atoms with van der Waals surface area (Å²) in [5.41, 5.74) is 0.946. The second-order valence-electron chi connectivity index (χ2n) is 5.02. The van der Waals surface area contributed by atoms with Gasteiger partial charge in [-0.1, -0.05) is 19.3 Å². The third kappa shape index (κ3) is 3.67. The summed E-state index contributed by atoms with van der Waals surface area (Å²) in [6.07, 6.45) is 5.25. The fraction of sp³-hybridized carbons (Fsp3) is 0.571. The molecule has 1 aromatic rings. The number of hydrogen-bond donors (Lipinski definition) is 1. The van der Waals surface area contributed by atoms with E-state index in [-0.39, 0.29) is 10.6 Å². The number of benzene rings is 1. The maximum Gasteiger partial charge on any atom is 0.270 e. The normalized spacial score (nSPS) is 15.0. The lowest BCUT2D eigenvalue weighted by molar-refractivity contribution is -0.384. The third-order valence-electron chi connectivity index (χ3n) is 3.74. The first-order valence-corrected chi connectivity index (χ1v) is 6.72. The zero-order valence-corrected chi connectivity index (χ0v) is 11.2. The highest BCUT2D eigenvalue weighted by molar-refractivity contribution is 5.43. The summed E-state index contributed by atoms with van der Waals surface area (Å²) in [6, 6.07) is 4.70. The number of non-ortho nitro benzene ring substituents is 1. The van der Waals surface area contributed by atoms with Gasteiger partial charge in [0.15, 0.2) is 0 Å². The van der Waals surface area contributed by atoms with Crippen molar-refractivity contribution in [2.75, 3.05) is 13.7 Å². The van der Waals surface area contributed by atoms with Gasteiger partial charge in [0, 0.05) is 24.2 Å². The lowest BCUT2D eigenvalue weighted by atomic mass is 9.83. The highest BCUT2D eigenvalue weighted by Crippen LogP contribution is 2.29. The number of nitro benzene ring substituents is 1. The van der Waals surface area contributed by atoms with E-state index >= 15 is 0 Å². The number of methoxy groups -OCH3 is 1. The molecule has 0 radical (unpaired) electrons. The third-order valence-corrected chi connectivity index (χ3v) is 3.74. The smallest absolute Gasteiger partial charge is 0.270 e. The average Bonchev–Trinajstić information content (AvgIpc) is 2.36. The second-order valence-corrected chi connectivity index (χ2v) is 5.02. The molecule has 104 valence electrons. The molecule has 1 aromatic carbocycles. The van der Waals surface area contributed by atoms with Crippen molar-refractivity contribution < 1.29 is 9.66 Å². The van der Waals surface area contributed by atoms with Gasteiger partial charge in [-0.25, -0.2) is 0 Å². The van der Waals surface area contributed by atoms with Crippen molar-refractivity contribution in [2.24, 2.45) is 5.92 Å². The Morgan fingerprint density at radius 1 is 1.47 bits per heavy atom. The van der Waals surface area contributed by atoms with Gasteiger partial charge in [0.05, 0.1) is 12.0 Å². The van der Waals surface area contributed by atoms with Gasteiger partial charge in [-0.2, -0.15) is 0 Å². The molecule has 0 spiro atoms. The minimum atomic E-state index is -0.378. The summed E-state index contributed by atoms with van der Waals surface area (Å²) >= 11 is 0. The molecule has 5 nitrogen and oxygen atoms in total. The van der Waals surface area contributed by atoms with Crippen LogP contribution in [0, 0.1) is 16.0 Å². The summed E-state index contributed by atoms with van der Waals surface area (Å²) in [4.78, 5) is 10.4. The molecule has 2 rings (SSSR count). The number of nitrogens with zero attached hydrogens (tertiary/aromatic N) is 1. The number of nitrogens with one attached hydrogen (secondary N) is 1. The van der Waals surface area contributed by atoms with Crippen LogP contribution in [-0.4, -0.2) is 18.6 Å². The molecule has 0 amide bonds. The Bertz CT molecular complexity index is 444. The largest absolute Gasteiger partial charge is 0.496 e. The quantitative estimate of drug-likeness (QED) is 0.467. The van der Waals surface area contributed by atoms with E-state index in [2.05, 4.69) is 5.32 Å². The molecule has 5 heteroatoms. The van der Waals surface area contributed by atoms with Crippen molar-refractivity contribution in [2.45, 2.75) is 32.2 Å².